The molecule has 2 unspecified atom stereocenters. The fraction of sp³-hybridized carbons (Fsp3) is 1.00. The molecule has 0 aromatic carbocycles. The number of likely N-dealkylation sites (tertiary alicyclic amines) is 1. The highest BCUT2D eigenvalue weighted by molar-refractivity contribution is 7.80. The van der Waals surface area contributed by atoms with E-state index >= 15 is 0 Å². The molecular formula is C8H18N2S. The van der Waals surface area contributed by atoms with Gasteiger partial charge in [0.1, 0.15) is 0 Å². The first-order valence-electron chi connectivity index (χ1n) is 4.28. The van der Waals surface area contributed by atoms with E-state index in [2.05, 4.69) is 29.9 Å². The second-order valence-corrected chi connectivity index (χ2v) is 3.95. The van der Waals surface area contributed by atoms with Gasteiger partial charge in [0.2, 0.25) is 0 Å². The molecule has 66 valence electrons. The third-order valence-electron chi connectivity index (χ3n) is 2.40. The Morgan fingerprint density at radius 3 is 2.91 bits per heavy atom. The number of hydrogen-bond acceptors (Lipinski definition) is 3. The van der Waals surface area contributed by atoms with Crippen LogP contribution in [0.5, 0.6) is 0 Å². The average molecular weight is 174 g/mol. The third kappa shape index (κ3) is 2.65. The molecule has 2 nitrogen and oxygen atoms in total. The van der Waals surface area contributed by atoms with E-state index in [4.69, 9.17) is 0 Å². The van der Waals surface area contributed by atoms with Gasteiger partial charge in [-0.25, -0.2) is 0 Å². The van der Waals surface area contributed by atoms with Gasteiger partial charge in [-0.2, -0.15) is 12.6 Å². The Bertz CT molecular complexity index is 119. The summed E-state index contributed by atoms with van der Waals surface area (Å²) in [6, 6.07) is 0. The number of piperidine rings is 1. The topological polar surface area (TPSA) is 15.3 Å². The molecule has 0 aromatic heterocycles. The Labute approximate surface area is 74.8 Å². The van der Waals surface area contributed by atoms with Gasteiger partial charge in [0.15, 0.2) is 0 Å². The largest absolute Gasteiger partial charge is 0.308 e. The smallest absolute Gasteiger partial charge is 0.0540 e. The summed E-state index contributed by atoms with van der Waals surface area (Å²) in [7, 11) is 4.16. The predicted molar refractivity (Wildman–Crippen MR) is 52.1 cm³/mol. The van der Waals surface area contributed by atoms with Crippen LogP contribution >= 0.6 is 12.6 Å². The van der Waals surface area contributed by atoms with Crippen molar-refractivity contribution in [3.8, 4) is 0 Å². The van der Waals surface area contributed by atoms with Crippen molar-refractivity contribution in [2.24, 2.45) is 5.92 Å². The molecule has 1 aliphatic rings. The van der Waals surface area contributed by atoms with E-state index in [1.165, 1.54) is 25.9 Å². The van der Waals surface area contributed by atoms with Crippen molar-refractivity contribution >= 4 is 12.6 Å². The fourth-order valence-electron chi connectivity index (χ4n) is 1.70. The first-order chi connectivity index (χ1) is 5.24. The first-order valence-corrected chi connectivity index (χ1v) is 4.79. The van der Waals surface area contributed by atoms with Gasteiger partial charge in [-0.15, -0.1) is 0 Å². The van der Waals surface area contributed by atoms with E-state index in [0.717, 1.165) is 5.92 Å². The molecule has 1 N–H and O–H groups in total. The third-order valence-corrected chi connectivity index (χ3v) is 3.08. The highest BCUT2D eigenvalue weighted by Crippen LogP contribution is 2.19. The van der Waals surface area contributed by atoms with Gasteiger partial charge in [0.05, 0.1) is 5.37 Å². The molecule has 0 saturated carbocycles. The van der Waals surface area contributed by atoms with Crippen LogP contribution in [-0.4, -0.2) is 37.5 Å². The molecule has 1 saturated heterocycles. The zero-order valence-electron chi connectivity index (χ0n) is 7.38. The van der Waals surface area contributed by atoms with E-state index in [9.17, 15) is 0 Å². The molecule has 1 rings (SSSR count). The average Bonchev–Trinajstić information content (AvgIpc) is 2.03. The summed E-state index contributed by atoms with van der Waals surface area (Å²) >= 11 is 4.48. The highest BCUT2D eigenvalue weighted by atomic mass is 32.1. The Hall–Kier alpha value is 0.270. The van der Waals surface area contributed by atoms with Crippen molar-refractivity contribution in [3.05, 3.63) is 0 Å². The Kier molecular flexibility index (Phi) is 3.69. The summed E-state index contributed by atoms with van der Waals surface area (Å²) in [6.45, 7) is 2.44. The number of nitrogens with one attached hydrogen (secondary N) is 1. The van der Waals surface area contributed by atoms with E-state index in [1.54, 1.807) is 0 Å². The second-order valence-electron chi connectivity index (χ2n) is 3.40. The van der Waals surface area contributed by atoms with Crippen LogP contribution in [0.15, 0.2) is 0 Å². The molecule has 0 aliphatic carbocycles. The molecule has 0 bridgehead atoms. The standard InChI is InChI=1S/C8H18N2S/c1-9-8(11)7-4-3-5-10(2)6-7/h7-9,11H,3-6H2,1-2H3. The van der Waals surface area contributed by atoms with Gasteiger partial charge < -0.3 is 10.2 Å². The Morgan fingerprint density at radius 2 is 2.36 bits per heavy atom. The summed E-state index contributed by atoms with van der Waals surface area (Å²) in [5, 5.41) is 3.57. The molecule has 1 heterocycles. The molecule has 1 fully saturated rings. The molecule has 3 heteroatoms. The lowest BCUT2D eigenvalue weighted by molar-refractivity contribution is 0.201. The number of nitrogens with zero attached hydrogens (tertiary/aromatic N) is 1. The van der Waals surface area contributed by atoms with Crippen LogP contribution in [0.4, 0.5) is 0 Å². The molecule has 0 spiro atoms. The molecule has 0 radical (unpaired) electrons. The van der Waals surface area contributed by atoms with Gasteiger partial charge in [0.25, 0.3) is 0 Å². The zero-order valence-corrected chi connectivity index (χ0v) is 8.27. The quantitative estimate of drug-likeness (QED) is 0.476. The highest BCUT2D eigenvalue weighted by Gasteiger charge is 2.21. The van der Waals surface area contributed by atoms with Crippen molar-refractivity contribution in [2.45, 2.75) is 18.2 Å². The van der Waals surface area contributed by atoms with Crippen molar-refractivity contribution < 1.29 is 0 Å². The van der Waals surface area contributed by atoms with Crippen LogP contribution in [-0.2, 0) is 0 Å². The van der Waals surface area contributed by atoms with Crippen LogP contribution in [0.25, 0.3) is 0 Å². The Balaban J connectivity index is 2.33. The maximum absolute atomic E-state index is 4.48. The van der Waals surface area contributed by atoms with Crippen molar-refractivity contribution in [2.75, 3.05) is 27.2 Å². The molecule has 2 atom stereocenters. The molecule has 1 aliphatic heterocycles. The number of rotatable bonds is 2. The van der Waals surface area contributed by atoms with Gasteiger partial charge in [-0.1, -0.05) is 0 Å². The summed E-state index contributed by atoms with van der Waals surface area (Å²) in [4.78, 5) is 2.38. The monoisotopic (exact) mass is 174 g/mol. The van der Waals surface area contributed by atoms with Gasteiger partial charge >= 0.3 is 0 Å². The van der Waals surface area contributed by atoms with Crippen molar-refractivity contribution in [3.63, 3.8) is 0 Å². The molecule has 0 amide bonds. The molecule has 0 aromatic rings. The van der Waals surface area contributed by atoms with Gasteiger partial charge in [-0.05, 0) is 39.4 Å². The minimum absolute atomic E-state index is 0.373. The SMILES string of the molecule is CNC(S)C1CCCN(C)C1. The van der Waals surface area contributed by atoms with Crippen LogP contribution in [0.2, 0.25) is 0 Å². The van der Waals surface area contributed by atoms with Crippen LogP contribution < -0.4 is 5.32 Å². The van der Waals surface area contributed by atoms with Crippen LogP contribution in [0.1, 0.15) is 12.8 Å². The zero-order chi connectivity index (χ0) is 8.27. The van der Waals surface area contributed by atoms with Gasteiger partial charge in [0, 0.05) is 6.54 Å². The summed E-state index contributed by atoms with van der Waals surface area (Å²) in [5.41, 5.74) is 0. The second kappa shape index (κ2) is 4.33. The summed E-state index contributed by atoms with van der Waals surface area (Å²) < 4.78 is 0. The lowest BCUT2D eigenvalue weighted by Gasteiger charge is -2.32. The predicted octanol–water partition coefficient (Wildman–Crippen LogP) is 0.803. The maximum atomic E-state index is 4.48. The van der Waals surface area contributed by atoms with E-state index in [-0.39, 0.29) is 0 Å². The minimum Gasteiger partial charge on any atom is -0.308 e. The summed E-state index contributed by atoms with van der Waals surface area (Å²) in [5.74, 6) is 0.724. The van der Waals surface area contributed by atoms with Crippen LogP contribution in [0, 0.1) is 5.92 Å². The molecular weight excluding hydrogens is 156 g/mol. The van der Waals surface area contributed by atoms with Gasteiger partial charge in [-0.3, -0.25) is 0 Å². The van der Waals surface area contributed by atoms with Crippen molar-refractivity contribution in [1.29, 1.82) is 0 Å². The fourth-order valence-corrected chi connectivity index (χ4v) is 1.94. The maximum Gasteiger partial charge on any atom is 0.0540 e. The minimum atomic E-state index is 0.373. The van der Waals surface area contributed by atoms with E-state index in [0.29, 0.717) is 5.37 Å². The van der Waals surface area contributed by atoms with E-state index < -0.39 is 0 Å². The summed E-state index contributed by atoms with van der Waals surface area (Å²) in [6.07, 6.45) is 2.64. The number of hydrogen-bond donors (Lipinski definition) is 2. The first kappa shape index (κ1) is 9.36. The molecule has 11 heavy (non-hydrogen) atoms. The Morgan fingerprint density at radius 1 is 1.64 bits per heavy atom. The lowest BCUT2D eigenvalue weighted by Crippen LogP contribution is -2.40. The van der Waals surface area contributed by atoms with Crippen molar-refractivity contribution in [1.82, 2.24) is 10.2 Å². The normalized spacial score (nSPS) is 30.3. The lowest BCUT2D eigenvalue weighted by atomic mass is 9.98. The number of thiol groups is 1. The van der Waals surface area contributed by atoms with E-state index in [1.807, 2.05) is 7.05 Å². The van der Waals surface area contributed by atoms with Crippen LogP contribution in [0.3, 0.4) is 0 Å².